The molecular weight excluding hydrogens is 594 g/mol. The van der Waals surface area contributed by atoms with E-state index in [1.807, 2.05) is 56.4 Å². The molecule has 0 spiro atoms. The summed E-state index contributed by atoms with van der Waals surface area (Å²) in [5.41, 5.74) is 2.54. The summed E-state index contributed by atoms with van der Waals surface area (Å²) < 4.78 is 14.2. The van der Waals surface area contributed by atoms with Crippen LogP contribution in [-0.4, -0.2) is 69.9 Å². The molecule has 0 fully saturated rings. The lowest BCUT2D eigenvalue weighted by molar-refractivity contribution is -0.114. The molecule has 5 rings (SSSR count). The second-order valence-corrected chi connectivity index (χ2v) is 11.1. The third-order valence-electron chi connectivity index (χ3n) is 7.02. The fraction of sp³-hybridized carbons (Fsp3) is 0.242. The summed E-state index contributed by atoms with van der Waals surface area (Å²) in [4.78, 5) is 38.1. The fourth-order valence-electron chi connectivity index (χ4n) is 4.87. The van der Waals surface area contributed by atoms with Crippen LogP contribution in [0.3, 0.4) is 0 Å². The van der Waals surface area contributed by atoms with Crippen LogP contribution in [-0.2, 0) is 24.8 Å². The van der Waals surface area contributed by atoms with E-state index in [-0.39, 0.29) is 35.3 Å². The number of ether oxygens (including phenoxy) is 2. The van der Waals surface area contributed by atoms with E-state index in [9.17, 15) is 9.59 Å². The van der Waals surface area contributed by atoms with Crippen LogP contribution in [0.25, 0.3) is 22.2 Å². The number of rotatable bonds is 12. The Balaban J connectivity index is 1.60. The average Bonchev–Trinajstić information content (AvgIpc) is 3.43. The van der Waals surface area contributed by atoms with E-state index >= 15 is 0 Å². The van der Waals surface area contributed by atoms with E-state index in [1.54, 1.807) is 52.0 Å². The van der Waals surface area contributed by atoms with Crippen molar-refractivity contribution < 1.29 is 14.3 Å². The molecule has 0 radical (unpaired) electrons. The summed E-state index contributed by atoms with van der Waals surface area (Å²) in [6.45, 7) is 0.862. The molecule has 3 heterocycles. The summed E-state index contributed by atoms with van der Waals surface area (Å²) in [7, 11) is 8.74. The van der Waals surface area contributed by atoms with E-state index < -0.39 is 0 Å². The number of allylic oxidation sites excluding steroid dienone is 1. The highest BCUT2D eigenvalue weighted by Crippen LogP contribution is 2.38. The van der Waals surface area contributed by atoms with Crippen LogP contribution >= 0.6 is 11.6 Å². The Morgan fingerprint density at radius 2 is 1.87 bits per heavy atom. The van der Waals surface area contributed by atoms with Gasteiger partial charge in [0.15, 0.2) is 11.6 Å². The number of hydrogen-bond donors (Lipinski definition) is 1. The Morgan fingerprint density at radius 3 is 2.58 bits per heavy atom. The van der Waals surface area contributed by atoms with Gasteiger partial charge in [-0.2, -0.15) is 10.1 Å². The number of aromatic nitrogens is 5. The Hall–Kier alpha value is -5.00. The molecule has 5 aromatic rings. The topological polar surface area (TPSA) is 116 Å². The number of carbonyl (C=O) groups is 1. The number of likely N-dealkylation sites (N-methyl/N-ethyl adjacent to an activating group) is 1. The third-order valence-corrected chi connectivity index (χ3v) is 7.41. The van der Waals surface area contributed by atoms with Gasteiger partial charge in [-0.05, 0) is 43.4 Å². The molecule has 0 saturated heterocycles. The van der Waals surface area contributed by atoms with Crippen molar-refractivity contribution in [3.8, 4) is 22.6 Å². The number of aryl methyl sites for hydroxylation is 1. The van der Waals surface area contributed by atoms with Gasteiger partial charge >= 0.3 is 0 Å². The molecule has 0 aliphatic carbocycles. The number of anilines is 2. The summed E-state index contributed by atoms with van der Waals surface area (Å²) >= 11 is 6.73. The SMILES string of the molecule is COc1cc(OC)c(Cl)c(-c2cc3cnc(Nc4ccn(C)n4)nc3n(Cc3cccc(CC(=O)/C=C/CN(C)C)c3)c2=O)c1. The zero-order valence-electron chi connectivity index (χ0n) is 25.7. The second-order valence-electron chi connectivity index (χ2n) is 10.7. The number of hydrogen-bond acceptors (Lipinski definition) is 9. The van der Waals surface area contributed by atoms with Crippen molar-refractivity contribution in [3.05, 3.63) is 99.6 Å². The summed E-state index contributed by atoms with van der Waals surface area (Å²) in [6.07, 6.45) is 7.14. The molecule has 0 atom stereocenters. The van der Waals surface area contributed by atoms with Gasteiger partial charge in [-0.1, -0.05) is 41.9 Å². The molecule has 232 valence electrons. The van der Waals surface area contributed by atoms with Gasteiger partial charge in [0.05, 0.1) is 25.8 Å². The zero-order valence-corrected chi connectivity index (χ0v) is 26.5. The molecule has 0 unspecified atom stereocenters. The molecule has 0 aliphatic heterocycles. The average molecular weight is 628 g/mol. The van der Waals surface area contributed by atoms with Crippen LogP contribution in [0.15, 0.2) is 77.9 Å². The molecule has 12 heteroatoms. The summed E-state index contributed by atoms with van der Waals surface area (Å²) in [5.74, 6) is 1.71. The zero-order chi connectivity index (χ0) is 32.1. The van der Waals surface area contributed by atoms with Gasteiger partial charge < -0.3 is 19.7 Å². The number of pyridine rings is 1. The van der Waals surface area contributed by atoms with Crippen LogP contribution in [0, 0.1) is 0 Å². The number of ketones is 1. The molecule has 11 nitrogen and oxygen atoms in total. The Morgan fingerprint density at radius 1 is 1.07 bits per heavy atom. The Labute approximate surface area is 265 Å². The molecule has 0 amide bonds. The third kappa shape index (κ3) is 7.39. The van der Waals surface area contributed by atoms with Crippen LogP contribution in [0.4, 0.5) is 11.8 Å². The number of nitrogens with zero attached hydrogens (tertiary/aromatic N) is 6. The van der Waals surface area contributed by atoms with E-state index in [0.29, 0.717) is 46.0 Å². The number of benzene rings is 2. The molecule has 3 aromatic heterocycles. The first kappa shape index (κ1) is 31.4. The van der Waals surface area contributed by atoms with Crippen molar-refractivity contribution in [3.63, 3.8) is 0 Å². The van der Waals surface area contributed by atoms with Gasteiger partial charge in [0.25, 0.3) is 5.56 Å². The van der Waals surface area contributed by atoms with Crippen LogP contribution in [0.1, 0.15) is 11.1 Å². The molecule has 1 N–H and O–H groups in total. The Bertz CT molecular complexity index is 1950. The second kappa shape index (κ2) is 13.7. The minimum Gasteiger partial charge on any atom is -0.497 e. The van der Waals surface area contributed by atoms with Gasteiger partial charge in [-0.15, -0.1) is 0 Å². The standard InChI is InChI=1S/C33H34ClN7O4/c1-39(2)12-7-10-24(42)15-21-8-6-9-22(14-21)20-41-31-23(19-35-33(37-31)36-29-11-13-40(3)38-29)16-27(32(41)43)26-17-25(44-4)18-28(45-5)30(26)34/h6-11,13-14,16-19H,12,15,20H2,1-5H3,(H,35,36,37,38)/b10-7+. The highest BCUT2D eigenvalue weighted by molar-refractivity contribution is 6.35. The van der Waals surface area contributed by atoms with Crippen LogP contribution in [0.2, 0.25) is 5.02 Å². The summed E-state index contributed by atoms with van der Waals surface area (Å²) in [6, 6.07) is 14.5. The number of fused-ring (bicyclic) bond motifs is 1. The first-order chi connectivity index (χ1) is 21.6. The lowest BCUT2D eigenvalue weighted by atomic mass is 10.0. The highest BCUT2D eigenvalue weighted by Gasteiger charge is 2.19. The number of nitrogens with one attached hydrogen (secondary N) is 1. The predicted molar refractivity (Wildman–Crippen MR) is 176 cm³/mol. The smallest absolute Gasteiger partial charge is 0.260 e. The number of carbonyl (C=O) groups excluding carboxylic acids is 1. The maximum absolute atomic E-state index is 14.3. The number of methoxy groups -OCH3 is 2. The Kier molecular flexibility index (Phi) is 9.60. The van der Waals surface area contributed by atoms with Crippen molar-refractivity contribution >= 4 is 40.2 Å². The van der Waals surface area contributed by atoms with Crippen molar-refractivity contribution in [2.75, 3.05) is 40.2 Å². The van der Waals surface area contributed by atoms with Gasteiger partial charge in [0.2, 0.25) is 5.95 Å². The highest BCUT2D eigenvalue weighted by atomic mass is 35.5. The molecule has 0 saturated carbocycles. The quantitative estimate of drug-likeness (QED) is 0.193. The van der Waals surface area contributed by atoms with Crippen molar-refractivity contribution in [2.24, 2.45) is 7.05 Å². The van der Waals surface area contributed by atoms with Gasteiger partial charge in [-0.3, -0.25) is 18.8 Å². The van der Waals surface area contributed by atoms with E-state index in [2.05, 4.69) is 15.4 Å². The van der Waals surface area contributed by atoms with E-state index in [1.165, 1.54) is 14.2 Å². The van der Waals surface area contributed by atoms with Crippen molar-refractivity contribution in [1.29, 1.82) is 0 Å². The first-order valence-corrected chi connectivity index (χ1v) is 14.5. The minimum absolute atomic E-state index is 0.00166. The largest absolute Gasteiger partial charge is 0.497 e. The number of halogens is 1. The van der Waals surface area contributed by atoms with Gasteiger partial charge in [0.1, 0.15) is 17.1 Å². The van der Waals surface area contributed by atoms with E-state index in [4.69, 9.17) is 26.1 Å². The normalized spacial score (nSPS) is 11.4. The lowest BCUT2D eigenvalue weighted by Gasteiger charge is -2.16. The molecule has 0 bridgehead atoms. The predicted octanol–water partition coefficient (Wildman–Crippen LogP) is 4.88. The lowest BCUT2D eigenvalue weighted by Crippen LogP contribution is -2.24. The maximum atomic E-state index is 14.3. The minimum atomic E-state index is -0.324. The first-order valence-electron chi connectivity index (χ1n) is 14.2. The van der Waals surface area contributed by atoms with Crippen molar-refractivity contribution in [2.45, 2.75) is 13.0 Å². The monoisotopic (exact) mass is 627 g/mol. The van der Waals surface area contributed by atoms with Crippen LogP contribution in [0.5, 0.6) is 11.5 Å². The summed E-state index contributed by atoms with van der Waals surface area (Å²) in [5, 5.41) is 8.32. The molecule has 0 aliphatic rings. The van der Waals surface area contributed by atoms with Crippen molar-refractivity contribution in [1.82, 2.24) is 29.2 Å². The maximum Gasteiger partial charge on any atom is 0.260 e. The molecular formula is C33H34ClN7O4. The fourth-order valence-corrected chi connectivity index (χ4v) is 5.15. The van der Waals surface area contributed by atoms with Gasteiger partial charge in [-0.25, -0.2) is 4.98 Å². The van der Waals surface area contributed by atoms with Gasteiger partial charge in [0, 0.05) is 61.1 Å². The van der Waals surface area contributed by atoms with Crippen LogP contribution < -0.4 is 20.3 Å². The molecule has 2 aromatic carbocycles. The van der Waals surface area contributed by atoms with E-state index in [0.717, 1.165) is 11.1 Å². The molecule has 45 heavy (non-hydrogen) atoms.